The number of cyclic esters (lactones) is 1. The molecule has 0 aromatic heterocycles. The molecule has 0 saturated carbocycles. The maximum absolute atomic E-state index is 12.8. The van der Waals surface area contributed by atoms with E-state index in [2.05, 4.69) is 49.5 Å². The fraction of sp³-hybridized carbons (Fsp3) is 0.690. The van der Waals surface area contributed by atoms with Gasteiger partial charge in [-0.05, 0) is 38.0 Å². The number of carbonyl (C=O) groups excluding carboxylic acids is 3. The van der Waals surface area contributed by atoms with Gasteiger partial charge in [-0.15, -0.1) is 0 Å². The SMILES string of the molecule is CC/C=C/C/C=C\C/C=C\CC(CC1OC(=O)C1CCCCCC)OC(=O)C(CC(C)C)NC=O. The van der Waals surface area contributed by atoms with Crippen molar-refractivity contribution in [3.8, 4) is 0 Å². The standard InChI is InChI=1S/C29H47NO5/c1-5-7-9-11-12-13-14-15-16-18-24(34-29(33)26(30-22-31)20-23(3)4)21-27-25(28(32)35-27)19-17-10-8-6-2/h7,9,12-13,15-16,22-27H,5-6,8,10-11,14,17-21H2,1-4H3,(H,30,31)/b9-7+,13-12-,16-15-. The van der Waals surface area contributed by atoms with Crippen LogP contribution in [0.2, 0.25) is 0 Å². The molecule has 1 saturated heterocycles. The lowest BCUT2D eigenvalue weighted by Crippen LogP contribution is -2.48. The highest BCUT2D eigenvalue weighted by atomic mass is 16.6. The number of rotatable bonds is 20. The van der Waals surface area contributed by atoms with Crippen LogP contribution in [0.4, 0.5) is 0 Å². The quantitative estimate of drug-likeness (QED) is 0.0951. The molecule has 6 nitrogen and oxygen atoms in total. The Balaban J connectivity index is 2.72. The monoisotopic (exact) mass is 489 g/mol. The van der Waals surface area contributed by atoms with E-state index in [-0.39, 0.29) is 23.9 Å². The van der Waals surface area contributed by atoms with Gasteiger partial charge >= 0.3 is 11.9 Å². The van der Waals surface area contributed by atoms with Crippen LogP contribution in [0, 0.1) is 11.8 Å². The van der Waals surface area contributed by atoms with Crippen LogP contribution in [0.3, 0.4) is 0 Å². The summed E-state index contributed by atoms with van der Waals surface area (Å²) in [5.41, 5.74) is 0. The van der Waals surface area contributed by atoms with Crippen molar-refractivity contribution in [1.82, 2.24) is 5.32 Å². The van der Waals surface area contributed by atoms with E-state index in [9.17, 15) is 14.4 Å². The summed E-state index contributed by atoms with van der Waals surface area (Å²) in [5.74, 6) is -0.459. The molecule has 0 aromatic carbocycles. The van der Waals surface area contributed by atoms with E-state index >= 15 is 0 Å². The maximum atomic E-state index is 12.8. The average Bonchev–Trinajstić information content (AvgIpc) is 2.81. The Hall–Kier alpha value is -2.37. The van der Waals surface area contributed by atoms with Gasteiger partial charge in [0.15, 0.2) is 0 Å². The van der Waals surface area contributed by atoms with Crippen LogP contribution in [0.1, 0.15) is 98.3 Å². The second kappa shape index (κ2) is 18.9. The molecule has 35 heavy (non-hydrogen) atoms. The summed E-state index contributed by atoms with van der Waals surface area (Å²) < 4.78 is 11.3. The summed E-state index contributed by atoms with van der Waals surface area (Å²) >= 11 is 0. The van der Waals surface area contributed by atoms with E-state index < -0.39 is 18.1 Å². The summed E-state index contributed by atoms with van der Waals surface area (Å²) in [4.78, 5) is 35.9. The molecule has 1 N–H and O–H groups in total. The number of amides is 1. The zero-order valence-corrected chi connectivity index (χ0v) is 22.2. The van der Waals surface area contributed by atoms with Crippen molar-refractivity contribution >= 4 is 18.3 Å². The lowest BCUT2D eigenvalue weighted by molar-refractivity contribution is -0.190. The maximum Gasteiger partial charge on any atom is 0.328 e. The molecule has 0 bridgehead atoms. The van der Waals surface area contributed by atoms with Gasteiger partial charge in [0.25, 0.3) is 0 Å². The molecule has 198 valence electrons. The number of ether oxygens (including phenoxy) is 2. The number of allylic oxidation sites excluding steroid dienone is 5. The molecule has 1 rings (SSSR count). The van der Waals surface area contributed by atoms with E-state index in [1.54, 1.807) is 0 Å². The van der Waals surface area contributed by atoms with Crippen LogP contribution in [-0.4, -0.2) is 36.6 Å². The van der Waals surface area contributed by atoms with Crippen molar-refractivity contribution in [2.45, 2.75) is 117 Å². The summed E-state index contributed by atoms with van der Waals surface area (Å²) in [6, 6.07) is -0.674. The van der Waals surface area contributed by atoms with Crippen LogP contribution >= 0.6 is 0 Å². The molecular weight excluding hydrogens is 442 g/mol. The molecule has 0 aromatic rings. The third-order valence-electron chi connectivity index (χ3n) is 6.11. The third kappa shape index (κ3) is 13.3. The minimum absolute atomic E-state index is 0.115. The highest BCUT2D eigenvalue weighted by molar-refractivity contribution is 5.79. The molecule has 0 spiro atoms. The molecule has 1 fully saturated rings. The Labute approximate surface area is 212 Å². The number of nitrogens with one attached hydrogen (secondary N) is 1. The minimum atomic E-state index is -0.674. The van der Waals surface area contributed by atoms with Crippen molar-refractivity contribution in [3.63, 3.8) is 0 Å². The van der Waals surface area contributed by atoms with Crippen molar-refractivity contribution < 1.29 is 23.9 Å². The zero-order valence-electron chi connectivity index (χ0n) is 22.2. The van der Waals surface area contributed by atoms with E-state index in [0.717, 1.165) is 44.9 Å². The van der Waals surface area contributed by atoms with Crippen LogP contribution in [-0.2, 0) is 23.9 Å². The summed E-state index contributed by atoms with van der Waals surface area (Å²) in [7, 11) is 0. The van der Waals surface area contributed by atoms with E-state index in [1.165, 1.54) is 6.42 Å². The summed E-state index contributed by atoms with van der Waals surface area (Å²) in [6.45, 7) is 8.27. The molecule has 1 amide bonds. The number of unbranched alkanes of at least 4 members (excludes halogenated alkanes) is 3. The Morgan fingerprint density at radius 1 is 1.03 bits per heavy atom. The van der Waals surface area contributed by atoms with Crippen LogP contribution in [0.25, 0.3) is 0 Å². The topological polar surface area (TPSA) is 81.7 Å². The normalized spacial score (nSPS) is 19.7. The first-order chi connectivity index (χ1) is 16.9. The third-order valence-corrected chi connectivity index (χ3v) is 6.11. The van der Waals surface area contributed by atoms with Gasteiger partial charge in [-0.3, -0.25) is 9.59 Å². The largest absolute Gasteiger partial charge is 0.461 e. The second-order valence-corrected chi connectivity index (χ2v) is 9.72. The van der Waals surface area contributed by atoms with Gasteiger partial charge < -0.3 is 14.8 Å². The van der Waals surface area contributed by atoms with Gasteiger partial charge in [-0.2, -0.15) is 0 Å². The van der Waals surface area contributed by atoms with Gasteiger partial charge in [0, 0.05) is 12.8 Å². The summed E-state index contributed by atoms with van der Waals surface area (Å²) in [5, 5.41) is 2.59. The first-order valence-electron chi connectivity index (χ1n) is 13.5. The van der Waals surface area contributed by atoms with Gasteiger partial charge in [0.2, 0.25) is 6.41 Å². The Kier molecular flexibility index (Phi) is 16.6. The lowest BCUT2D eigenvalue weighted by Gasteiger charge is -2.37. The fourth-order valence-electron chi connectivity index (χ4n) is 4.15. The fourth-order valence-corrected chi connectivity index (χ4v) is 4.15. The number of hydrogen-bond acceptors (Lipinski definition) is 5. The van der Waals surface area contributed by atoms with E-state index in [1.807, 2.05) is 19.9 Å². The van der Waals surface area contributed by atoms with Gasteiger partial charge in [0.1, 0.15) is 18.2 Å². The highest BCUT2D eigenvalue weighted by Crippen LogP contribution is 2.32. The minimum Gasteiger partial charge on any atom is -0.461 e. The van der Waals surface area contributed by atoms with Crippen molar-refractivity contribution in [1.29, 1.82) is 0 Å². The predicted octanol–water partition coefficient (Wildman–Crippen LogP) is 6.21. The first-order valence-corrected chi connectivity index (χ1v) is 13.5. The lowest BCUT2D eigenvalue weighted by atomic mass is 9.87. The molecule has 1 aliphatic rings. The number of hydrogen-bond donors (Lipinski definition) is 1. The van der Waals surface area contributed by atoms with Crippen LogP contribution < -0.4 is 5.32 Å². The second-order valence-electron chi connectivity index (χ2n) is 9.72. The van der Waals surface area contributed by atoms with Crippen molar-refractivity contribution in [3.05, 3.63) is 36.5 Å². The molecule has 1 heterocycles. The van der Waals surface area contributed by atoms with Gasteiger partial charge in [-0.25, -0.2) is 4.79 Å². The van der Waals surface area contributed by atoms with E-state index in [0.29, 0.717) is 25.7 Å². The average molecular weight is 490 g/mol. The van der Waals surface area contributed by atoms with Crippen LogP contribution in [0.5, 0.6) is 0 Å². The first kappa shape index (κ1) is 30.7. The van der Waals surface area contributed by atoms with Crippen LogP contribution in [0.15, 0.2) is 36.5 Å². The Bertz CT molecular complexity index is 697. The van der Waals surface area contributed by atoms with Gasteiger partial charge in [0.05, 0.1) is 5.92 Å². The number of carbonyl (C=O) groups is 3. The van der Waals surface area contributed by atoms with Gasteiger partial charge in [-0.1, -0.05) is 89.8 Å². The predicted molar refractivity (Wildman–Crippen MR) is 141 cm³/mol. The zero-order chi connectivity index (χ0) is 25.9. The van der Waals surface area contributed by atoms with E-state index in [4.69, 9.17) is 9.47 Å². The van der Waals surface area contributed by atoms with Crippen molar-refractivity contribution in [2.75, 3.05) is 0 Å². The molecule has 4 atom stereocenters. The molecule has 0 radical (unpaired) electrons. The molecule has 4 unspecified atom stereocenters. The number of esters is 2. The highest BCUT2D eigenvalue weighted by Gasteiger charge is 2.43. The smallest absolute Gasteiger partial charge is 0.328 e. The summed E-state index contributed by atoms with van der Waals surface area (Å²) in [6.07, 6.45) is 22.1. The molecular formula is C29H47NO5. The molecule has 6 heteroatoms. The molecule has 1 aliphatic heterocycles. The Morgan fingerprint density at radius 2 is 1.71 bits per heavy atom. The van der Waals surface area contributed by atoms with Crippen molar-refractivity contribution in [2.24, 2.45) is 11.8 Å². The molecule has 0 aliphatic carbocycles. The Morgan fingerprint density at radius 3 is 2.31 bits per heavy atom.